The van der Waals surface area contributed by atoms with Gasteiger partial charge in [0.2, 0.25) is 5.91 Å². The van der Waals surface area contributed by atoms with E-state index in [-0.39, 0.29) is 30.5 Å². The van der Waals surface area contributed by atoms with Crippen LogP contribution in [-0.4, -0.2) is 40.5 Å². The third-order valence-corrected chi connectivity index (χ3v) is 8.34. The zero-order valence-corrected chi connectivity index (χ0v) is 22.4. The van der Waals surface area contributed by atoms with Gasteiger partial charge in [-0.15, -0.1) is 0 Å². The Morgan fingerprint density at radius 2 is 1.71 bits per heavy atom. The second-order valence-electron chi connectivity index (χ2n) is 10.1. The minimum atomic E-state index is -0.783. The van der Waals surface area contributed by atoms with Gasteiger partial charge in [0, 0.05) is 27.7 Å². The van der Waals surface area contributed by atoms with E-state index in [4.69, 9.17) is 28.9 Å². The molecule has 0 aromatic heterocycles. The van der Waals surface area contributed by atoms with Gasteiger partial charge in [-0.3, -0.25) is 9.59 Å². The number of rotatable bonds is 6. The Bertz CT molecular complexity index is 1320. The highest BCUT2D eigenvalue weighted by molar-refractivity contribution is 6.35. The average Bonchev–Trinajstić information content (AvgIpc) is 2.93. The molecular weight excluding hydrogens is 521 g/mol. The molecule has 1 saturated carbocycles. The highest BCUT2D eigenvalue weighted by Gasteiger charge is 2.48. The molecule has 0 spiro atoms. The summed E-state index contributed by atoms with van der Waals surface area (Å²) in [5.74, 6) is -1.25. The van der Waals surface area contributed by atoms with Crippen molar-refractivity contribution in [1.82, 2.24) is 10.2 Å². The normalized spacial score (nSPS) is 24.0. The van der Waals surface area contributed by atoms with Crippen molar-refractivity contribution in [2.75, 3.05) is 6.61 Å². The van der Waals surface area contributed by atoms with Crippen LogP contribution >= 0.6 is 23.2 Å². The van der Waals surface area contributed by atoms with Gasteiger partial charge in [0.05, 0.1) is 24.6 Å². The van der Waals surface area contributed by atoms with E-state index in [1.807, 2.05) is 42.5 Å². The van der Waals surface area contributed by atoms with E-state index in [0.717, 1.165) is 31.2 Å². The number of carbonyl (C=O) groups is 2. The van der Waals surface area contributed by atoms with Gasteiger partial charge in [-0.05, 0) is 47.7 Å². The second-order valence-corrected chi connectivity index (χ2v) is 10.9. The summed E-state index contributed by atoms with van der Waals surface area (Å²) in [4.78, 5) is 30.1. The first-order valence-electron chi connectivity index (χ1n) is 13.0. The van der Waals surface area contributed by atoms with E-state index in [0.29, 0.717) is 26.7 Å². The summed E-state index contributed by atoms with van der Waals surface area (Å²) in [6, 6.07) is 19.9. The Morgan fingerprint density at radius 3 is 2.42 bits per heavy atom. The van der Waals surface area contributed by atoms with Gasteiger partial charge in [0.1, 0.15) is 0 Å². The van der Waals surface area contributed by atoms with Crippen LogP contribution < -0.4 is 11.1 Å². The summed E-state index contributed by atoms with van der Waals surface area (Å²) < 4.78 is 0. The predicted molar refractivity (Wildman–Crippen MR) is 149 cm³/mol. The number of amides is 2. The van der Waals surface area contributed by atoms with E-state index in [2.05, 4.69) is 5.32 Å². The van der Waals surface area contributed by atoms with E-state index in [1.165, 1.54) is 0 Å². The molecule has 5 rings (SSSR count). The van der Waals surface area contributed by atoms with Gasteiger partial charge in [0.15, 0.2) is 0 Å². The molecule has 6 nitrogen and oxygen atoms in total. The molecule has 198 valence electrons. The molecule has 1 aliphatic carbocycles. The molecule has 38 heavy (non-hydrogen) atoms. The smallest absolute Gasteiger partial charge is 0.255 e. The van der Waals surface area contributed by atoms with Crippen LogP contribution in [0.3, 0.4) is 0 Å². The SMILES string of the molecule is N[C@H]1CCCC[C@@H]1N1C(=O)c2ccccc2[C@@H](C(=O)N[C@H](CO)c2ccccc2)[C@@H]1c1ccc(Cl)cc1Cl. The van der Waals surface area contributed by atoms with E-state index >= 15 is 0 Å². The van der Waals surface area contributed by atoms with Crippen molar-refractivity contribution >= 4 is 35.0 Å². The van der Waals surface area contributed by atoms with Crippen LogP contribution in [0.15, 0.2) is 72.8 Å². The van der Waals surface area contributed by atoms with Crippen LogP contribution in [0.2, 0.25) is 10.0 Å². The summed E-state index contributed by atoms with van der Waals surface area (Å²) in [6.45, 7) is -0.271. The van der Waals surface area contributed by atoms with Crippen molar-refractivity contribution in [3.63, 3.8) is 0 Å². The van der Waals surface area contributed by atoms with Crippen molar-refractivity contribution in [3.8, 4) is 0 Å². The number of carbonyl (C=O) groups excluding carboxylic acids is 2. The highest BCUT2D eigenvalue weighted by Crippen LogP contribution is 2.47. The summed E-state index contributed by atoms with van der Waals surface area (Å²) in [5, 5.41) is 14.1. The first-order chi connectivity index (χ1) is 18.4. The Balaban J connectivity index is 1.66. The Morgan fingerprint density at radius 1 is 1.00 bits per heavy atom. The zero-order chi connectivity index (χ0) is 26.8. The number of nitrogens with zero attached hydrogens (tertiary/aromatic N) is 1. The highest BCUT2D eigenvalue weighted by atomic mass is 35.5. The van der Waals surface area contributed by atoms with Gasteiger partial charge in [-0.25, -0.2) is 0 Å². The van der Waals surface area contributed by atoms with E-state index in [1.54, 1.807) is 35.2 Å². The van der Waals surface area contributed by atoms with Crippen LogP contribution in [0, 0.1) is 0 Å². The summed E-state index contributed by atoms with van der Waals surface area (Å²) in [5.41, 5.74) is 9.14. The molecule has 1 heterocycles. The first kappa shape index (κ1) is 26.7. The molecule has 4 N–H and O–H groups in total. The van der Waals surface area contributed by atoms with Crippen molar-refractivity contribution in [1.29, 1.82) is 0 Å². The Hall–Kier alpha value is -2.90. The number of aliphatic hydroxyl groups is 1. The Labute approximate surface area is 232 Å². The van der Waals surface area contributed by atoms with Crippen molar-refractivity contribution in [2.45, 2.75) is 55.8 Å². The summed E-state index contributed by atoms with van der Waals surface area (Å²) >= 11 is 13.0. The largest absolute Gasteiger partial charge is 0.394 e. The molecular formula is C30H31Cl2N3O3. The fourth-order valence-corrected chi connectivity index (χ4v) is 6.46. The molecule has 2 amide bonds. The maximum atomic E-state index is 14.2. The minimum Gasteiger partial charge on any atom is -0.394 e. The van der Waals surface area contributed by atoms with Gasteiger partial charge in [-0.1, -0.05) is 90.6 Å². The number of nitrogens with two attached hydrogens (primary N) is 1. The van der Waals surface area contributed by atoms with Crippen molar-refractivity contribution < 1.29 is 14.7 Å². The van der Waals surface area contributed by atoms with Crippen LogP contribution in [0.5, 0.6) is 0 Å². The standard InChI is InChI=1S/C30H31Cl2N3O3/c31-19-14-15-22(23(32)16-19)28-27(29(37)34-25(17-36)18-8-2-1-3-9-18)20-10-4-5-11-21(20)30(38)35(28)26-13-7-6-12-24(26)33/h1-5,8-11,14-16,24-28,36H,6-7,12-13,17,33H2,(H,34,37)/t24-,25+,26-,27+,28-/m0/s1. The minimum absolute atomic E-state index is 0.162. The molecule has 0 unspecified atom stereocenters. The number of hydrogen-bond acceptors (Lipinski definition) is 4. The average molecular weight is 553 g/mol. The maximum absolute atomic E-state index is 14.2. The summed E-state index contributed by atoms with van der Waals surface area (Å²) in [6.07, 6.45) is 3.49. The fraction of sp³-hybridized carbons (Fsp3) is 0.333. The third-order valence-electron chi connectivity index (χ3n) is 7.78. The number of nitrogens with one attached hydrogen (secondary N) is 1. The second kappa shape index (κ2) is 11.5. The van der Waals surface area contributed by atoms with Gasteiger partial charge < -0.3 is 21.1 Å². The molecule has 3 aromatic rings. The lowest BCUT2D eigenvalue weighted by molar-refractivity contribution is -0.125. The number of fused-ring (bicyclic) bond motifs is 1. The lowest BCUT2D eigenvalue weighted by atomic mass is 9.76. The van der Waals surface area contributed by atoms with Crippen molar-refractivity contribution in [3.05, 3.63) is 105 Å². The molecule has 0 saturated heterocycles. The number of benzene rings is 3. The molecule has 0 bridgehead atoms. The third kappa shape index (κ3) is 5.06. The maximum Gasteiger partial charge on any atom is 0.255 e. The molecule has 2 aliphatic rings. The first-order valence-corrected chi connectivity index (χ1v) is 13.7. The number of aliphatic hydroxyl groups excluding tert-OH is 1. The number of hydrogen-bond donors (Lipinski definition) is 3. The van der Waals surface area contributed by atoms with Crippen molar-refractivity contribution in [2.24, 2.45) is 5.73 Å². The van der Waals surface area contributed by atoms with Crippen LogP contribution in [0.25, 0.3) is 0 Å². The lowest BCUT2D eigenvalue weighted by Crippen LogP contribution is -2.57. The molecule has 3 aromatic carbocycles. The van der Waals surface area contributed by atoms with Crippen LogP contribution in [-0.2, 0) is 4.79 Å². The summed E-state index contributed by atoms with van der Waals surface area (Å²) in [7, 11) is 0. The van der Waals surface area contributed by atoms with E-state index in [9.17, 15) is 14.7 Å². The molecule has 0 radical (unpaired) electrons. The zero-order valence-electron chi connectivity index (χ0n) is 20.9. The quantitative estimate of drug-likeness (QED) is 0.382. The van der Waals surface area contributed by atoms with Crippen LogP contribution in [0.4, 0.5) is 0 Å². The van der Waals surface area contributed by atoms with Gasteiger partial charge in [0.25, 0.3) is 5.91 Å². The fourth-order valence-electron chi connectivity index (χ4n) is 5.94. The molecule has 1 fully saturated rings. The Kier molecular flexibility index (Phi) is 8.05. The number of halogens is 2. The molecule has 1 aliphatic heterocycles. The lowest BCUT2D eigenvalue weighted by Gasteiger charge is -2.48. The van der Waals surface area contributed by atoms with E-state index < -0.39 is 18.0 Å². The predicted octanol–water partition coefficient (Wildman–Crippen LogP) is 5.39. The monoisotopic (exact) mass is 551 g/mol. The topological polar surface area (TPSA) is 95.7 Å². The van der Waals surface area contributed by atoms with Crippen LogP contribution in [0.1, 0.15) is 70.7 Å². The van der Waals surface area contributed by atoms with Gasteiger partial charge in [-0.2, -0.15) is 0 Å². The molecule has 5 atom stereocenters. The molecule has 8 heteroatoms. The van der Waals surface area contributed by atoms with Gasteiger partial charge >= 0.3 is 0 Å².